The number of fused-ring (bicyclic) bond motifs is 1. The summed E-state index contributed by atoms with van der Waals surface area (Å²) in [6.07, 6.45) is 4.32. The van der Waals surface area contributed by atoms with E-state index in [9.17, 15) is 4.79 Å². The van der Waals surface area contributed by atoms with E-state index in [2.05, 4.69) is 34.6 Å². The number of anilines is 1. The third-order valence-electron chi connectivity index (χ3n) is 4.79. The van der Waals surface area contributed by atoms with Crippen LogP contribution in [0.5, 0.6) is 0 Å². The monoisotopic (exact) mass is 382 g/mol. The van der Waals surface area contributed by atoms with Crippen LogP contribution in [0.25, 0.3) is 22.8 Å². The lowest BCUT2D eigenvalue weighted by Crippen LogP contribution is -2.08. The van der Waals surface area contributed by atoms with Crippen molar-refractivity contribution in [3.8, 4) is 5.69 Å². The summed E-state index contributed by atoms with van der Waals surface area (Å²) in [6.45, 7) is 4.08. The van der Waals surface area contributed by atoms with E-state index >= 15 is 0 Å². The van der Waals surface area contributed by atoms with Crippen LogP contribution in [0.1, 0.15) is 23.6 Å². The topological polar surface area (TPSA) is 59.8 Å². The highest BCUT2D eigenvalue weighted by Crippen LogP contribution is 2.22. The Morgan fingerprint density at radius 1 is 1.00 bits per heavy atom. The molecule has 1 aromatic heterocycles. The molecule has 29 heavy (non-hydrogen) atoms. The summed E-state index contributed by atoms with van der Waals surface area (Å²) in [4.78, 5) is 14.0. The highest BCUT2D eigenvalue weighted by atomic mass is 16.1. The van der Waals surface area contributed by atoms with Crippen molar-refractivity contribution >= 4 is 28.7 Å². The molecule has 0 atom stereocenters. The molecule has 1 heterocycles. The molecule has 0 saturated carbocycles. The molecule has 0 bridgehead atoms. The van der Waals surface area contributed by atoms with Gasteiger partial charge in [-0.1, -0.05) is 49.4 Å². The predicted molar refractivity (Wildman–Crippen MR) is 117 cm³/mol. The van der Waals surface area contributed by atoms with Gasteiger partial charge in [-0.3, -0.25) is 4.79 Å². The van der Waals surface area contributed by atoms with E-state index in [1.165, 1.54) is 11.6 Å². The van der Waals surface area contributed by atoms with Crippen LogP contribution >= 0.6 is 0 Å². The minimum absolute atomic E-state index is 0.182. The molecule has 0 fully saturated rings. The molecule has 0 aliphatic heterocycles. The fraction of sp³-hybridized carbons (Fsp3) is 0.125. The Labute approximate surface area is 169 Å². The smallest absolute Gasteiger partial charge is 0.248 e. The lowest BCUT2D eigenvalue weighted by Gasteiger charge is -2.05. The number of benzene rings is 3. The minimum Gasteiger partial charge on any atom is -0.322 e. The van der Waals surface area contributed by atoms with Crippen LogP contribution in [0.4, 0.5) is 5.69 Å². The van der Waals surface area contributed by atoms with Gasteiger partial charge in [0.25, 0.3) is 0 Å². The lowest BCUT2D eigenvalue weighted by atomic mass is 10.1. The normalized spacial score (nSPS) is 11.2. The van der Waals surface area contributed by atoms with Crippen molar-refractivity contribution in [2.45, 2.75) is 20.3 Å². The molecule has 0 spiro atoms. The van der Waals surface area contributed by atoms with Gasteiger partial charge < -0.3 is 5.32 Å². The zero-order valence-electron chi connectivity index (χ0n) is 16.5. The number of rotatable bonds is 5. The summed E-state index contributed by atoms with van der Waals surface area (Å²) >= 11 is 0. The largest absolute Gasteiger partial charge is 0.322 e. The third kappa shape index (κ3) is 4.24. The molecule has 3 aromatic carbocycles. The zero-order valence-corrected chi connectivity index (χ0v) is 16.5. The number of hydrogen-bond acceptors (Lipinski definition) is 3. The molecule has 5 nitrogen and oxygen atoms in total. The maximum Gasteiger partial charge on any atom is 0.248 e. The number of nitrogens with one attached hydrogen (secondary N) is 1. The van der Waals surface area contributed by atoms with Gasteiger partial charge in [-0.2, -0.15) is 4.80 Å². The van der Waals surface area contributed by atoms with Gasteiger partial charge in [-0.25, -0.2) is 0 Å². The van der Waals surface area contributed by atoms with E-state index in [4.69, 9.17) is 0 Å². The highest BCUT2D eigenvalue weighted by molar-refractivity contribution is 6.03. The quantitative estimate of drug-likeness (QED) is 0.497. The predicted octanol–water partition coefficient (Wildman–Crippen LogP) is 4.94. The van der Waals surface area contributed by atoms with Crippen LogP contribution in [-0.4, -0.2) is 20.9 Å². The van der Waals surface area contributed by atoms with Gasteiger partial charge in [0.15, 0.2) is 0 Å². The Bertz CT molecular complexity index is 1170. The Morgan fingerprint density at radius 3 is 2.38 bits per heavy atom. The summed E-state index contributed by atoms with van der Waals surface area (Å²) in [6, 6.07) is 21.7. The number of carbonyl (C=O) groups is 1. The van der Waals surface area contributed by atoms with Gasteiger partial charge in [0, 0.05) is 11.8 Å². The van der Waals surface area contributed by atoms with Crippen molar-refractivity contribution in [1.29, 1.82) is 0 Å². The Balaban J connectivity index is 1.56. The summed E-state index contributed by atoms with van der Waals surface area (Å²) < 4.78 is 0. The minimum atomic E-state index is -0.182. The SMILES string of the molecule is CCc1ccc(-n2nc3cc(C)c(NC(=O)/C=C/c4ccccc4)cc3n2)cc1. The van der Waals surface area contributed by atoms with Crippen molar-refractivity contribution in [3.05, 3.63) is 89.5 Å². The Kier molecular flexibility index (Phi) is 5.20. The first-order chi connectivity index (χ1) is 14.1. The fourth-order valence-corrected chi connectivity index (χ4v) is 3.09. The van der Waals surface area contributed by atoms with Crippen LogP contribution < -0.4 is 5.32 Å². The van der Waals surface area contributed by atoms with E-state index in [-0.39, 0.29) is 5.91 Å². The first-order valence-electron chi connectivity index (χ1n) is 9.63. The second-order valence-corrected chi connectivity index (χ2v) is 6.90. The Hall–Kier alpha value is -3.73. The molecular weight excluding hydrogens is 360 g/mol. The molecule has 1 N–H and O–H groups in total. The molecule has 0 aliphatic carbocycles. The van der Waals surface area contributed by atoms with Crippen LogP contribution in [0.15, 0.2) is 72.8 Å². The van der Waals surface area contributed by atoms with Crippen LogP contribution in [-0.2, 0) is 11.2 Å². The summed E-state index contributed by atoms with van der Waals surface area (Å²) in [5.41, 5.74) is 6.35. The van der Waals surface area contributed by atoms with Crippen molar-refractivity contribution in [2.75, 3.05) is 5.32 Å². The molecule has 4 rings (SSSR count). The second kappa shape index (κ2) is 8.10. The number of aryl methyl sites for hydroxylation is 2. The maximum atomic E-state index is 12.3. The number of carbonyl (C=O) groups excluding carboxylic acids is 1. The van der Waals surface area contributed by atoms with E-state index in [1.807, 2.05) is 61.5 Å². The standard InChI is InChI=1S/C24H22N4O/c1-3-18-9-12-20(13-10-18)28-26-22-15-17(2)21(16-23(22)27-28)25-24(29)14-11-19-7-5-4-6-8-19/h4-16H,3H2,1-2H3,(H,25,29)/b14-11+. The molecule has 5 heteroatoms. The number of hydrogen-bond donors (Lipinski definition) is 1. The number of nitrogens with zero attached hydrogens (tertiary/aromatic N) is 3. The molecule has 144 valence electrons. The van der Waals surface area contributed by atoms with Gasteiger partial charge in [0.2, 0.25) is 5.91 Å². The average Bonchev–Trinajstić information content (AvgIpc) is 3.16. The lowest BCUT2D eigenvalue weighted by molar-refractivity contribution is -0.111. The third-order valence-corrected chi connectivity index (χ3v) is 4.79. The van der Waals surface area contributed by atoms with Crippen molar-refractivity contribution in [1.82, 2.24) is 15.0 Å². The van der Waals surface area contributed by atoms with Gasteiger partial charge in [-0.05, 0) is 60.4 Å². The van der Waals surface area contributed by atoms with Crippen molar-refractivity contribution in [2.24, 2.45) is 0 Å². The fourth-order valence-electron chi connectivity index (χ4n) is 3.09. The van der Waals surface area contributed by atoms with Gasteiger partial charge >= 0.3 is 0 Å². The number of aromatic nitrogens is 3. The van der Waals surface area contributed by atoms with Crippen molar-refractivity contribution < 1.29 is 4.79 Å². The number of amides is 1. The van der Waals surface area contributed by atoms with Gasteiger partial charge in [-0.15, -0.1) is 10.2 Å². The highest BCUT2D eigenvalue weighted by Gasteiger charge is 2.10. The molecule has 0 radical (unpaired) electrons. The molecule has 0 aliphatic rings. The first-order valence-corrected chi connectivity index (χ1v) is 9.63. The molecule has 0 unspecified atom stereocenters. The zero-order chi connectivity index (χ0) is 20.2. The van der Waals surface area contributed by atoms with Crippen LogP contribution in [0, 0.1) is 6.92 Å². The maximum absolute atomic E-state index is 12.3. The Morgan fingerprint density at radius 2 is 1.69 bits per heavy atom. The van der Waals surface area contributed by atoms with E-state index in [0.29, 0.717) is 0 Å². The van der Waals surface area contributed by atoms with E-state index in [1.54, 1.807) is 10.9 Å². The van der Waals surface area contributed by atoms with Crippen LogP contribution in [0.2, 0.25) is 0 Å². The summed E-state index contributed by atoms with van der Waals surface area (Å²) in [7, 11) is 0. The summed E-state index contributed by atoms with van der Waals surface area (Å²) in [5, 5.41) is 12.1. The first kappa shape index (κ1) is 18.6. The molecule has 0 saturated heterocycles. The molecular formula is C24H22N4O. The van der Waals surface area contributed by atoms with E-state index in [0.717, 1.165) is 40.0 Å². The van der Waals surface area contributed by atoms with Gasteiger partial charge in [0.1, 0.15) is 11.0 Å². The average molecular weight is 382 g/mol. The van der Waals surface area contributed by atoms with E-state index < -0.39 is 0 Å². The molecule has 1 amide bonds. The van der Waals surface area contributed by atoms with Crippen LogP contribution in [0.3, 0.4) is 0 Å². The second-order valence-electron chi connectivity index (χ2n) is 6.90. The summed E-state index contributed by atoms with van der Waals surface area (Å²) in [5.74, 6) is -0.182. The van der Waals surface area contributed by atoms with Gasteiger partial charge in [0.05, 0.1) is 5.69 Å². The van der Waals surface area contributed by atoms with Crippen molar-refractivity contribution in [3.63, 3.8) is 0 Å². The molecule has 4 aromatic rings.